The smallest absolute Gasteiger partial charge is 0.307 e. The molecule has 0 saturated heterocycles. The quantitative estimate of drug-likeness (QED) is 0.806. The Morgan fingerprint density at radius 2 is 2.27 bits per heavy atom. The average Bonchev–Trinajstić information content (AvgIpc) is 2.21. The predicted octanol–water partition coefficient (Wildman–Crippen LogP) is 2.21. The van der Waals surface area contributed by atoms with E-state index in [4.69, 9.17) is 17.3 Å². The van der Waals surface area contributed by atoms with E-state index in [1.165, 1.54) is 7.11 Å². The molecule has 0 radical (unpaired) electrons. The maximum absolute atomic E-state index is 11.1. The standard InChI is InChI=1S/C11H14ClNO2/c1-7-8(4-3-5-9(7)12)10(13)6-11(14)15-2/h3-5,10H,6,13H2,1-2H3. The SMILES string of the molecule is COC(=O)CC(N)c1cccc(Cl)c1C. The summed E-state index contributed by atoms with van der Waals surface area (Å²) < 4.78 is 4.56. The molecule has 2 N–H and O–H groups in total. The van der Waals surface area contributed by atoms with Crippen molar-refractivity contribution in [3.05, 3.63) is 34.3 Å². The van der Waals surface area contributed by atoms with Crippen molar-refractivity contribution < 1.29 is 9.53 Å². The van der Waals surface area contributed by atoms with E-state index >= 15 is 0 Å². The Morgan fingerprint density at radius 1 is 1.60 bits per heavy atom. The second-order valence-electron chi connectivity index (χ2n) is 3.34. The van der Waals surface area contributed by atoms with Crippen LogP contribution in [-0.2, 0) is 9.53 Å². The van der Waals surface area contributed by atoms with E-state index in [9.17, 15) is 4.79 Å². The molecule has 0 bridgehead atoms. The molecule has 1 atom stereocenters. The molecular formula is C11H14ClNO2. The van der Waals surface area contributed by atoms with Gasteiger partial charge in [-0.3, -0.25) is 4.79 Å². The molecule has 0 aliphatic carbocycles. The zero-order chi connectivity index (χ0) is 11.4. The molecule has 0 amide bonds. The number of benzene rings is 1. The van der Waals surface area contributed by atoms with Gasteiger partial charge in [-0.25, -0.2) is 0 Å². The molecule has 0 aliphatic heterocycles. The maximum atomic E-state index is 11.1. The van der Waals surface area contributed by atoms with Gasteiger partial charge in [0.15, 0.2) is 0 Å². The highest BCUT2D eigenvalue weighted by atomic mass is 35.5. The Kier molecular flexibility index (Phi) is 4.12. The Morgan fingerprint density at radius 3 is 2.87 bits per heavy atom. The van der Waals surface area contributed by atoms with Gasteiger partial charge in [-0.1, -0.05) is 23.7 Å². The molecule has 0 spiro atoms. The first-order valence-electron chi connectivity index (χ1n) is 4.63. The molecule has 0 heterocycles. The number of methoxy groups -OCH3 is 1. The minimum Gasteiger partial charge on any atom is -0.469 e. The molecule has 1 aromatic carbocycles. The minimum atomic E-state index is -0.365. The van der Waals surface area contributed by atoms with Crippen molar-refractivity contribution in [3.8, 4) is 0 Å². The number of nitrogens with two attached hydrogens (primary N) is 1. The molecule has 0 fully saturated rings. The number of carbonyl (C=O) groups excluding carboxylic acids is 1. The van der Waals surface area contributed by atoms with Gasteiger partial charge < -0.3 is 10.5 Å². The lowest BCUT2D eigenvalue weighted by atomic mass is 10.00. The van der Waals surface area contributed by atoms with Gasteiger partial charge in [0.1, 0.15) is 0 Å². The molecular weight excluding hydrogens is 214 g/mol. The summed E-state index contributed by atoms with van der Waals surface area (Å²) in [4.78, 5) is 11.1. The van der Waals surface area contributed by atoms with Crippen molar-refractivity contribution in [1.29, 1.82) is 0 Å². The monoisotopic (exact) mass is 227 g/mol. The van der Waals surface area contributed by atoms with Gasteiger partial charge in [-0.05, 0) is 24.1 Å². The molecule has 1 rings (SSSR count). The number of carbonyl (C=O) groups is 1. The molecule has 0 saturated carbocycles. The number of hydrogen-bond donors (Lipinski definition) is 1. The van der Waals surface area contributed by atoms with Gasteiger partial charge >= 0.3 is 5.97 Å². The van der Waals surface area contributed by atoms with Crippen LogP contribution in [0.5, 0.6) is 0 Å². The third kappa shape index (κ3) is 2.94. The summed E-state index contributed by atoms with van der Waals surface area (Å²) in [6.07, 6.45) is 0.164. The van der Waals surface area contributed by atoms with Crippen LogP contribution in [-0.4, -0.2) is 13.1 Å². The van der Waals surface area contributed by atoms with E-state index in [0.29, 0.717) is 5.02 Å². The summed E-state index contributed by atoms with van der Waals surface area (Å²) >= 11 is 5.96. The number of ether oxygens (including phenoxy) is 1. The second kappa shape index (κ2) is 5.14. The maximum Gasteiger partial charge on any atom is 0.307 e. The molecule has 0 aliphatic rings. The van der Waals surface area contributed by atoms with Gasteiger partial charge in [0.2, 0.25) is 0 Å². The fraction of sp³-hybridized carbons (Fsp3) is 0.364. The average molecular weight is 228 g/mol. The topological polar surface area (TPSA) is 52.3 Å². The zero-order valence-corrected chi connectivity index (χ0v) is 9.54. The highest BCUT2D eigenvalue weighted by Crippen LogP contribution is 2.24. The number of esters is 1. The summed E-state index contributed by atoms with van der Waals surface area (Å²) in [6, 6.07) is 5.12. The van der Waals surface area contributed by atoms with Crippen molar-refractivity contribution in [1.82, 2.24) is 0 Å². The molecule has 0 aromatic heterocycles. The summed E-state index contributed by atoms with van der Waals surface area (Å²) in [5.74, 6) is -0.318. The molecule has 1 aromatic rings. The third-order valence-corrected chi connectivity index (χ3v) is 2.73. The summed E-state index contributed by atoms with van der Waals surface area (Å²) in [5.41, 5.74) is 7.68. The first-order valence-corrected chi connectivity index (χ1v) is 5.01. The van der Waals surface area contributed by atoms with Crippen LogP contribution in [0.4, 0.5) is 0 Å². The van der Waals surface area contributed by atoms with Crippen molar-refractivity contribution in [2.45, 2.75) is 19.4 Å². The van der Waals surface area contributed by atoms with Crippen LogP contribution in [0.1, 0.15) is 23.6 Å². The number of halogens is 1. The second-order valence-corrected chi connectivity index (χ2v) is 3.75. The lowest BCUT2D eigenvalue weighted by molar-refractivity contribution is -0.141. The van der Waals surface area contributed by atoms with Crippen LogP contribution in [0.3, 0.4) is 0 Å². The Hall–Kier alpha value is -1.06. The van der Waals surface area contributed by atoms with Crippen molar-refractivity contribution >= 4 is 17.6 Å². The highest BCUT2D eigenvalue weighted by molar-refractivity contribution is 6.31. The summed E-state index contributed by atoms with van der Waals surface area (Å²) in [5, 5.41) is 0.660. The molecule has 1 unspecified atom stereocenters. The summed E-state index contributed by atoms with van der Waals surface area (Å²) in [7, 11) is 1.35. The van der Waals surface area contributed by atoms with E-state index in [-0.39, 0.29) is 18.4 Å². The van der Waals surface area contributed by atoms with Gasteiger partial charge in [0, 0.05) is 11.1 Å². The molecule has 3 nitrogen and oxygen atoms in total. The summed E-state index contributed by atoms with van der Waals surface area (Å²) in [6.45, 7) is 1.88. The predicted molar refractivity (Wildman–Crippen MR) is 59.8 cm³/mol. The van der Waals surface area contributed by atoms with Gasteiger partial charge in [0.25, 0.3) is 0 Å². The first kappa shape index (κ1) is 12.0. The van der Waals surface area contributed by atoms with Crippen molar-refractivity contribution in [2.24, 2.45) is 5.73 Å². The minimum absolute atomic E-state index is 0.164. The largest absolute Gasteiger partial charge is 0.469 e. The van der Waals surface area contributed by atoms with Crippen LogP contribution in [0.15, 0.2) is 18.2 Å². The van der Waals surface area contributed by atoms with Crippen LogP contribution in [0, 0.1) is 6.92 Å². The third-order valence-electron chi connectivity index (χ3n) is 2.32. The van der Waals surface area contributed by atoms with Crippen LogP contribution >= 0.6 is 11.6 Å². The van der Waals surface area contributed by atoms with E-state index in [1.54, 1.807) is 6.07 Å². The Bertz CT molecular complexity index is 366. The highest BCUT2D eigenvalue weighted by Gasteiger charge is 2.14. The Balaban J connectivity index is 2.86. The van der Waals surface area contributed by atoms with E-state index in [2.05, 4.69) is 4.74 Å². The zero-order valence-electron chi connectivity index (χ0n) is 8.79. The molecule has 82 valence electrons. The van der Waals surface area contributed by atoms with E-state index in [0.717, 1.165) is 11.1 Å². The van der Waals surface area contributed by atoms with Crippen molar-refractivity contribution in [3.63, 3.8) is 0 Å². The Labute approximate surface area is 94.2 Å². The molecule has 4 heteroatoms. The van der Waals surface area contributed by atoms with Crippen LogP contribution < -0.4 is 5.73 Å². The van der Waals surface area contributed by atoms with E-state index in [1.807, 2.05) is 19.1 Å². The lowest BCUT2D eigenvalue weighted by Gasteiger charge is -2.14. The number of hydrogen-bond acceptors (Lipinski definition) is 3. The number of rotatable bonds is 3. The lowest BCUT2D eigenvalue weighted by Crippen LogP contribution is -2.17. The van der Waals surface area contributed by atoms with Gasteiger partial charge in [0.05, 0.1) is 13.5 Å². The van der Waals surface area contributed by atoms with Crippen LogP contribution in [0.25, 0.3) is 0 Å². The van der Waals surface area contributed by atoms with Gasteiger partial charge in [-0.2, -0.15) is 0 Å². The fourth-order valence-electron chi connectivity index (χ4n) is 1.40. The van der Waals surface area contributed by atoms with Gasteiger partial charge in [-0.15, -0.1) is 0 Å². The fourth-order valence-corrected chi connectivity index (χ4v) is 1.58. The molecule has 15 heavy (non-hydrogen) atoms. The first-order chi connectivity index (χ1) is 7.06. The van der Waals surface area contributed by atoms with Crippen LogP contribution in [0.2, 0.25) is 5.02 Å². The normalized spacial score (nSPS) is 12.3. The van der Waals surface area contributed by atoms with Crippen molar-refractivity contribution in [2.75, 3.05) is 7.11 Å². The van der Waals surface area contributed by atoms with E-state index < -0.39 is 0 Å².